The molecule has 10 amide bonds. The third kappa shape index (κ3) is 29.9. The Balaban J connectivity index is 4.31. The van der Waals surface area contributed by atoms with Gasteiger partial charge in [-0.05, 0) is 127 Å². The monoisotopic (exact) mass is 1250 g/mol. The number of amides is 10. The maximum Gasteiger partial charge on any atom is 0.303 e. The standard InChI is InChI=1S/C55H103N19O12S/c1-7-31(5)42-52(85)70-38(22-23-40(75)76)49(82)74-43(32(6)8-2)53(86)72-41(30(3)4)51(84)69-37(21-16-28-64-55(61)62)46(79)65-33(17-9-12-24-56)44(77)66-34(18-10-13-25-57)47(80)71-39(29-87)50(83)68-36(20-15-27-63-54(59)60)45(78)67-35(48(81)73-42)19-11-14-26-58/h30-39,41-43,87H,7-29,56-58H2,1-6H3,(H,65,79)(H,66,77)(H,67,78)(H,68,83)(H,69,84)(H,70,85)(H,71,80)(H,72,86)(H,73,81)(H,74,82)(H,75,76)(H4,59,60,63)(H4,61,62,64)/t31-,32-,33-,34-,35-,36-,37-,38-,39-,41-,42-,43-/m0/s1. The van der Waals surface area contributed by atoms with Gasteiger partial charge in [-0.1, -0.05) is 54.4 Å². The van der Waals surface area contributed by atoms with Crippen molar-refractivity contribution in [3.63, 3.8) is 0 Å². The zero-order valence-electron chi connectivity index (χ0n) is 51.6. The number of hydrogen-bond donors (Lipinski definition) is 19. The number of guanidine groups is 2. The number of nitrogens with zero attached hydrogens (tertiary/aromatic N) is 2. The lowest BCUT2D eigenvalue weighted by atomic mass is 9.95. The minimum Gasteiger partial charge on any atom is -0.481 e. The summed E-state index contributed by atoms with van der Waals surface area (Å²) in [5.41, 5.74) is 39.7. The molecular formula is C55H103N19O12S. The van der Waals surface area contributed by atoms with Crippen LogP contribution >= 0.6 is 12.6 Å². The Kier molecular flexibility index (Phi) is 38.3. The van der Waals surface area contributed by atoms with Gasteiger partial charge in [-0.25, -0.2) is 0 Å². The minimum absolute atomic E-state index is 0.00819. The second-order valence-electron chi connectivity index (χ2n) is 22.3. The molecule has 25 N–H and O–H groups in total. The number of rotatable bonds is 29. The van der Waals surface area contributed by atoms with Crippen LogP contribution in [-0.2, 0) is 52.7 Å². The topological polar surface area (TPSA) is 535 Å². The maximum absolute atomic E-state index is 14.5. The smallest absolute Gasteiger partial charge is 0.303 e. The molecule has 0 saturated carbocycles. The number of carboxylic acids is 1. The molecule has 0 aromatic carbocycles. The van der Waals surface area contributed by atoms with Crippen LogP contribution in [0, 0.1) is 17.8 Å². The fraction of sp³-hybridized carbons (Fsp3) is 0.764. The van der Waals surface area contributed by atoms with E-state index in [0.717, 1.165) is 0 Å². The summed E-state index contributed by atoms with van der Waals surface area (Å²) in [6.07, 6.45) is 1.81. The molecular weight excluding hydrogens is 1150 g/mol. The van der Waals surface area contributed by atoms with Crippen molar-refractivity contribution >= 4 is 89.6 Å². The highest BCUT2D eigenvalue weighted by Gasteiger charge is 2.39. The number of nitrogens with two attached hydrogens (primary N) is 7. The van der Waals surface area contributed by atoms with Crippen LogP contribution < -0.4 is 93.3 Å². The summed E-state index contributed by atoms with van der Waals surface area (Å²) in [4.78, 5) is 164. The number of aliphatic imine (C=N–C) groups is 2. The van der Waals surface area contributed by atoms with E-state index in [1.165, 1.54) is 0 Å². The fourth-order valence-electron chi connectivity index (χ4n) is 9.13. The first-order valence-corrected chi connectivity index (χ1v) is 30.9. The molecule has 32 heteroatoms. The zero-order chi connectivity index (χ0) is 65.8. The molecule has 0 bridgehead atoms. The highest BCUT2D eigenvalue weighted by Crippen LogP contribution is 2.16. The molecule has 0 radical (unpaired) electrons. The first kappa shape index (κ1) is 78.0. The van der Waals surface area contributed by atoms with Crippen molar-refractivity contribution in [3.8, 4) is 0 Å². The van der Waals surface area contributed by atoms with E-state index in [1.54, 1.807) is 41.5 Å². The second kappa shape index (κ2) is 42.7. The van der Waals surface area contributed by atoms with E-state index in [1.807, 2.05) is 0 Å². The summed E-state index contributed by atoms with van der Waals surface area (Å²) < 4.78 is 0. The van der Waals surface area contributed by atoms with Crippen LogP contribution in [0.5, 0.6) is 0 Å². The van der Waals surface area contributed by atoms with Crippen molar-refractivity contribution in [3.05, 3.63) is 0 Å². The number of nitrogens with one attached hydrogen (secondary N) is 10. The molecule has 31 nitrogen and oxygen atoms in total. The van der Waals surface area contributed by atoms with Crippen molar-refractivity contribution in [1.82, 2.24) is 53.2 Å². The summed E-state index contributed by atoms with van der Waals surface area (Å²) in [5.74, 6) is -12.6. The van der Waals surface area contributed by atoms with Gasteiger partial charge < -0.3 is 98.4 Å². The van der Waals surface area contributed by atoms with E-state index in [2.05, 4.69) is 75.8 Å². The molecule has 1 saturated heterocycles. The SMILES string of the molecule is CC[C@H](C)[C@@H]1NC(=O)[C@H](CCCCN)NC(=O)[C@H](CCCN=C(N)N)NC(=O)[C@H](CS)NC(=O)[C@H](CCCCN)NC(=O)[C@H](CCCCN)NC(=O)[C@H](CCCN=C(N)N)NC(=O)[C@H](C(C)C)NC(=O)[C@H]([C@@H](C)CC)NC(=O)[C@H](CCC(=O)O)NC1=O. The molecule has 1 aliphatic rings. The molecule has 1 heterocycles. The Morgan fingerprint density at radius 1 is 0.414 bits per heavy atom. The van der Waals surface area contributed by atoms with Crippen molar-refractivity contribution < 1.29 is 57.8 Å². The Bertz CT molecular complexity index is 2290. The van der Waals surface area contributed by atoms with Crippen LogP contribution in [0.15, 0.2) is 9.98 Å². The van der Waals surface area contributed by atoms with Crippen LogP contribution in [0.1, 0.15) is 151 Å². The van der Waals surface area contributed by atoms with Gasteiger partial charge in [0.2, 0.25) is 59.1 Å². The number of thiol groups is 1. The molecule has 87 heavy (non-hydrogen) atoms. The van der Waals surface area contributed by atoms with Crippen LogP contribution in [0.3, 0.4) is 0 Å². The molecule has 1 fully saturated rings. The Hall–Kier alpha value is -7.06. The predicted octanol–water partition coefficient (Wildman–Crippen LogP) is -4.11. The van der Waals surface area contributed by atoms with Crippen LogP contribution in [-0.4, -0.2) is 181 Å². The lowest BCUT2D eigenvalue weighted by molar-refractivity contribution is -0.139. The predicted molar refractivity (Wildman–Crippen MR) is 332 cm³/mol. The van der Waals surface area contributed by atoms with E-state index in [9.17, 15) is 57.8 Å². The van der Waals surface area contributed by atoms with E-state index in [4.69, 9.17) is 40.1 Å². The van der Waals surface area contributed by atoms with Gasteiger partial charge in [-0.15, -0.1) is 0 Å². The highest BCUT2D eigenvalue weighted by molar-refractivity contribution is 7.80. The van der Waals surface area contributed by atoms with Gasteiger partial charge in [0.1, 0.15) is 60.4 Å². The van der Waals surface area contributed by atoms with Gasteiger partial charge in [0.25, 0.3) is 0 Å². The number of carbonyl (C=O) groups is 11. The molecule has 12 atom stereocenters. The average molecular weight is 1250 g/mol. The molecule has 0 unspecified atom stereocenters. The van der Waals surface area contributed by atoms with E-state index in [-0.39, 0.29) is 95.3 Å². The number of carbonyl (C=O) groups excluding carboxylic acids is 10. The van der Waals surface area contributed by atoms with Gasteiger partial charge in [0, 0.05) is 25.3 Å². The number of hydrogen-bond acceptors (Lipinski definition) is 17. The first-order valence-electron chi connectivity index (χ1n) is 30.3. The number of unbranched alkanes of at least 4 members (excludes halogenated alkanes) is 3. The summed E-state index contributed by atoms with van der Waals surface area (Å²) >= 11 is 4.35. The quantitative estimate of drug-likeness (QED) is 0.0146. The summed E-state index contributed by atoms with van der Waals surface area (Å²) in [6, 6.07) is -14.0. The van der Waals surface area contributed by atoms with Crippen molar-refractivity contribution in [1.29, 1.82) is 0 Å². The third-order valence-corrected chi connectivity index (χ3v) is 15.2. The summed E-state index contributed by atoms with van der Waals surface area (Å²) in [7, 11) is 0. The van der Waals surface area contributed by atoms with Crippen LogP contribution in [0.25, 0.3) is 0 Å². The Morgan fingerprint density at radius 2 is 0.678 bits per heavy atom. The van der Waals surface area contributed by atoms with E-state index < -0.39 is 156 Å². The van der Waals surface area contributed by atoms with Crippen molar-refractivity contribution in [2.75, 3.05) is 38.5 Å². The zero-order valence-corrected chi connectivity index (χ0v) is 52.5. The molecule has 496 valence electrons. The molecule has 0 aliphatic carbocycles. The highest BCUT2D eigenvalue weighted by atomic mass is 32.1. The number of aliphatic carboxylic acids is 1. The Morgan fingerprint density at radius 3 is 0.977 bits per heavy atom. The van der Waals surface area contributed by atoms with Crippen molar-refractivity contribution in [2.45, 2.75) is 211 Å². The number of carboxylic acid groups (broad SMARTS) is 1. The van der Waals surface area contributed by atoms with Crippen LogP contribution in [0.2, 0.25) is 0 Å². The molecule has 0 aromatic rings. The molecule has 0 spiro atoms. The van der Waals surface area contributed by atoms with Gasteiger partial charge in [-0.3, -0.25) is 62.7 Å². The van der Waals surface area contributed by atoms with E-state index in [0.29, 0.717) is 51.4 Å². The fourth-order valence-corrected chi connectivity index (χ4v) is 9.39. The maximum atomic E-state index is 14.5. The van der Waals surface area contributed by atoms with Gasteiger partial charge in [-0.2, -0.15) is 12.6 Å². The van der Waals surface area contributed by atoms with Crippen molar-refractivity contribution in [2.24, 2.45) is 67.9 Å². The molecule has 0 aromatic heterocycles. The summed E-state index contributed by atoms with van der Waals surface area (Å²) in [5, 5.41) is 36.5. The minimum atomic E-state index is -1.60. The Labute approximate surface area is 516 Å². The van der Waals surface area contributed by atoms with Gasteiger partial charge in [0.15, 0.2) is 11.9 Å². The normalized spacial score (nSPS) is 24.6. The lowest BCUT2D eigenvalue weighted by Gasteiger charge is -2.31. The first-order chi connectivity index (χ1) is 41.2. The van der Waals surface area contributed by atoms with Crippen LogP contribution in [0.4, 0.5) is 0 Å². The molecule has 1 rings (SSSR count). The van der Waals surface area contributed by atoms with E-state index >= 15 is 0 Å². The second-order valence-corrected chi connectivity index (χ2v) is 22.6. The summed E-state index contributed by atoms with van der Waals surface area (Å²) in [6.45, 7) is 10.8. The average Bonchev–Trinajstić information content (AvgIpc) is 2.90. The molecule has 1 aliphatic heterocycles. The van der Waals surface area contributed by atoms with Gasteiger partial charge >= 0.3 is 5.97 Å². The largest absolute Gasteiger partial charge is 0.481 e. The van der Waals surface area contributed by atoms with Gasteiger partial charge in [0.05, 0.1) is 0 Å². The lowest BCUT2D eigenvalue weighted by Crippen LogP contribution is -2.62. The third-order valence-electron chi connectivity index (χ3n) is 14.8.